The second kappa shape index (κ2) is 6.40. The van der Waals surface area contributed by atoms with Gasteiger partial charge in [0.05, 0.1) is 7.11 Å². The van der Waals surface area contributed by atoms with E-state index in [1.807, 2.05) is 36.4 Å². The van der Waals surface area contributed by atoms with Crippen LogP contribution in [-0.2, 0) is 11.3 Å². The third-order valence-electron chi connectivity index (χ3n) is 3.64. The first-order valence-electron chi connectivity index (χ1n) is 7.20. The van der Waals surface area contributed by atoms with Crippen LogP contribution in [0.25, 0.3) is 10.8 Å². The van der Waals surface area contributed by atoms with Crippen LogP contribution in [0.1, 0.15) is 15.9 Å². The van der Waals surface area contributed by atoms with Gasteiger partial charge in [0.2, 0.25) is 0 Å². The molecule has 0 aliphatic heterocycles. The molecular weight excluding hydrogens is 292 g/mol. The van der Waals surface area contributed by atoms with Gasteiger partial charge in [-0.15, -0.1) is 0 Å². The Labute approximate surface area is 133 Å². The summed E-state index contributed by atoms with van der Waals surface area (Å²) < 4.78 is 10.5. The summed E-state index contributed by atoms with van der Waals surface area (Å²) in [6.45, 7) is 0.430. The van der Waals surface area contributed by atoms with E-state index in [9.17, 15) is 9.90 Å². The Bertz CT molecular complexity index is 841. The number of esters is 1. The smallest absolute Gasteiger partial charge is 0.341 e. The Kier molecular flexibility index (Phi) is 4.15. The third-order valence-corrected chi connectivity index (χ3v) is 3.64. The van der Waals surface area contributed by atoms with E-state index in [0.717, 1.165) is 10.9 Å². The van der Waals surface area contributed by atoms with E-state index in [-0.39, 0.29) is 11.3 Å². The molecule has 3 aromatic carbocycles. The highest BCUT2D eigenvalue weighted by Gasteiger charge is 2.15. The highest BCUT2D eigenvalue weighted by molar-refractivity contribution is 6.02. The topological polar surface area (TPSA) is 55.8 Å². The lowest BCUT2D eigenvalue weighted by molar-refractivity contribution is 0.0598. The summed E-state index contributed by atoms with van der Waals surface area (Å²) >= 11 is 0. The molecule has 0 spiro atoms. The molecule has 0 heterocycles. The van der Waals surface area contributed by atoms with Crippen LogP contribution in [0.3, 0.4) is 0 Å². The van der Waals surface area contributed by atoms with Gasteiger partial charge >= 0.3 is 5.97 Å². The average molecular weight is 308 g/mol. The number of fused-ring (bicyclic) bond motifs is 1. The Balaban J connectivity index is 1.96. The molecule has 0 amide bonds. The predicted octanol–water partition coefficient (Wildman–Crippen LogP) is 3.91. The molecule has 0 atom stereocenters. The Morgan fingerprint density at radius 3 is 2.48 bits per heavy atom. The quantitative estimate of drug-likeness (QED) is 0.742. The fourth-order valence-electron chi connectivity index (χ4n) is 2.45. The summed E-state index contributed by atoms with van der Waals surface area (Å²) in [7, 11) is 1.28. The molecule has 0 aliphatic carbocycles. The maximum Gasteiger partial charge on any atom is 0.341 e. The molecule has 0 unspecified atom stereocenters. The average Bonchev–Trinajstić information content (AvgIpc) is 2.60. The maximum atomic E-state index is 11.7. The number of aromatic hydroxyl groups is 1. The molecule has 0 fully saturated rings. The molecule has 1 N–H and O–H groups in total. The number of carbonyl (C=O) groups is 1. The van der Waals surface area contributed by atoms with Crippen molar-refractivity contribution in [2.75, 3.05) is 7.11 Å². The standard InChI is InChI=1S/C19H16O4/c1-22-19(21)16-11-10-14-15(18(16)20)8-5-9-17(14)23-12-13-6-3-2-4-7-13/h2-11,20H,12H2,1H3. The van der Waals surface area contributed by atoms with Crippen molar-refractivity contribution in [2.24, 2.45) is 0 Å². The highest BCUT2D eigenvalue weighted by Crippen LogP contribution is 2.34. The SMILES string of the molecule is COC(=O)c1ccc2c(OCc3ccccc3)cccc2c1O. The maximum absolute atomic E-state index is 11.7. The molecule has 0 radical (unpaired) electrons. The first-order chi connectivity index (χ1) is 11.2. The van der Waals surface area contributed by atoms with E-state index in [1.54, 1.807) is 24.3 Å². The number of hydrogen-bond acceptors (Lipinski definition) is 4. The van der Waals surface area contributed by atoms with Crippen molar-refractivity contribution in [3.63, 3.8) is 0 Å². The molecule has 23 heavy (non-hydrogen) atoms. The summed E-state index contributed by atoms with van der Waals surface area (Å²) in [5.41, 5.74) is 1.19. The number of benzene rings is 3. The van der Waals surface area contributed by atoms with E-state index in [1.165, 1.54) is 7.11 Å². The largest absolute Gasteiger partial charge is 0.506 e. The van der Waals surface area contributed by atoms with Crippen LogP contribution < -0.4 is 4.74 Å². The number of carbonyl (C=O) groups excluding carboxylic acids is 1. The van der Waals surface area contributed by atoms with Gasteiger partial charge in [-0.2, -0.15) is 0 Å². The first-order valence-corrected chi connectivity index (χ1v) is 7.20. The fraction of sp³-hybridized carbons (Fsp3) is 0.105. The van der Waals surface area contributed by atoms with E-state index >= 15 is 0 Å². The zero-order valence-electron chi connectivity index (χ0n) is 12.7. The lowest BCUT2D eigenvalue weighted by atomic mass is 10.0. The minimum atomic E-state index is -0.569. The van der Waals surface area contributed by atoms with E-state index in [2.05, 4.69) is 4.74 Å². The summed E-state index contributed by atoms with van der Waals surface area (Å²) in [5, 5.41) is 11.6. The lowest BCUT2D eigenvalue weighted by Crippen LogP contribution is -2.02. The van der Waals surface area contributed by atoms with Crippen LogP contribution in [0.2, 0.25) is 0 Å². The van der Waals surface area contributed by atoms with Crippen molar-refractivity contribution in [2.45, 2.75) is 6.61 Å². The summed E-state index contributed by atoms with van der Waals surface area (Å²) in [5.74, 6) is -0.0161. The van der Waals surface area contributed by atoms with Crippen LogP contribution in [0.4, 0.5) is 0 Å². The van der Waals surface area contributed by atoms with Gasteiger partial charge in [-0.25, -0.2) is 4.79 Å². The van der Waals surface area contributed by atoms with E-state index in [4.69, 9.17) is 4.74 Å². The molecule has 4 heteroatoms. The minimum Gasteiger partial charge on any atom is -0.506 e. The zero-order chi connectivity index (χ0) is 16.2. The Morgan fingerprint density at radius 1 is 0.957 bits per heavy atom. The van der Waals surface area contributed by atoms with Gasteiger partial charge in [-0.3, -0.25) is 0 Å². The Morgan fingerprint density at radius 2 is 1.74 bits per heavy atom. The van der Waals surface area contributed by atoms with Gasteiger partial charge in [-0.1, -0.05) is 42.5 Å². The Hall–Kier alpha value is -3.01. The molecule has 0 saturated carbocycles. The van der Waals surface area contributed by atoms with E-state index in [0.29, 0.717) is 17.7 Å². The number of phenolic OH excluding ortho intramolecular Hbond substituents is 1. The van der Waals surface area contributed by atoms with Gasteiger partial charge < -0.3 is 14.6 Å². The molecule has 116 valence electrons. The first kappa shape index (κ1) is 14.9. The molecule has 0 bridgehead atoms. The van der Waals surface area contributed by atoms with Crippen molar-refractivity contribution < 1.29 is 19.4 Å². The summed E-state index contributed by atoms with van der Waals surface area (Å²) in [6, 6.07) is 18.5. The zero-order valence-corrected chi connectivity index (χ0v) is 12.7. The number of ether oxygens (including phenoxy) is 2. The molecule has 3 rings (SSSR count). The second-order valence-corrected chi connectivity index (χ2v) is 5.08. The van der Waals surface area contributed by atoms with Gasteiger partial charge in [0.15, 0.2) is 0 Å². The fourth-order valence-corrected chi connectivity index (χ4v) is 2.45. The highest BCUT2D eigenvalue weighted by atomic mass is 16.5. The monoisotopic (exact) mass is 308 g/mol. The van der Waals surface area contributed by atoms with Crippen molar-refractivity contribution in [1.29, 1.82) is 0 Å². The van der Waals surface area contributed by atoms with Crippen molar-refractivity contribution in [3.8, 4) is 11.5 Å². The summed E-state index contributed by atoms with van der Waals surface area (Å²) in [4.78, 5) is 11.7. The molecule has 3 aromatic rings. The second-order valence-electron chi connectivity index (χ2n) is 5.08. The van der Waals surface area contributed by atoms with Gasteiger partial charge in [-0.05, 0) is 23.8 Å². The predicted molar refractivity (Wildman–Crippen MR) is 87.7 cm³/mol. The minimum absolute atomic E-state index is 0.0977. The van der Waals surface area contributed by atoms with Crippen LogP contribution in [0.15, 0.2) is 60.7 Å². The summed E-state index contributed by atoms with van der Waals surface area (Å²) in [6.07, 6.45) is 0. The number of hydrogen-bond donors (Lipinski definition) is 1. The van der Waals surface area contributed by atoms with Crippen LogP contribution >= 0.6 is 0 Å². The van der Waals surface area contributed by atoms with Crippen LogP contribution in [0, 0.1) is 0 Å². The van der Waals surface area contributed by atoms with Crippen molar-refractivity contribution >= 4 is 16.7 Å². The van der Waals surface area contributed by atoms with Gasteiger partial charge in [0.1, 0.15) is 23.7 Å². The molecule has 0 saturated heterocycles. The van der Waals surface area contributed by atoms with Gasteiger partial charge in [0.25, 0.3) is 0 Å². The molecule has 4 nitrogen and oxygen atoms in total. The number of methoxy groups -OCH3 is 1. The van der Waals surface area contributed by atoms with E-state index < -0.39 is 5.97 Å². The van der Waals surface area contributed by atoms with Gasteiger partial charge in [0, 0.05) is 10.8 Å². The number of rotatable bonds is 4. The van der Waals surface area contributed by atoms with Crippen LogP contribution in [-0.4, -0.2) is 18.2 Å². The third kappa shape index (κ3) is 2.97. The molecule has 0 aromatic heterocycles. The number of phenols is 1. The van der Waals surface area contributed by atoms with Crippen molar-refractivity contribution in [3.05, 3.63) is 71.8 Å². The molecular formula is C19H16O4. The normalized spacial score (nSPS) is 10.5. The molecule has 0 aliphatic rings. The lowest BCUT2D eigenvalue weighted by Gasteiger charge is -2.12. The van der Waals surface area contributed by atoms with Crippen molar-refractivity contribution in [1.82, 2.24) is 0 Å². The van der Waals surface area contributed by atoms with Crippen LogP contribution in [0.5, 0.6) is 11.5 Å².